The van der Waals surface area contributed by atoms with Gasteiger partial charge in [0.25, 0.3) is 0 Å². The second-order valence-corrected chi connectivity index (χ2v) is 6.81. The number of piperidine rings is 1. The van der Waals surface area contributed by atoms with Gasteiger partial charge in [-0.15, -0.1) is 0 Å². The minimum absolute atomic E-state index is 0.0786. The predicted molar refractivity (Wildman–Crippen MR) is 90.3 cm³/mol. The van der Waals surface area contributed by atoms with Gasteiger partial charge in [-0.3, -0.25) is 0 Å². The number of pyridine rings is 1. The SMILES string of the molecule is OC[C@@]1(Cc2ccc(F)cc2F)CCCN(c2ncccc2Cl)C1. The molecule has 24 heavy (non-hydrogen) atoms. The molecule has 1 atom stereocenters. The predicted octanol–water partition coefficient (Wildman–Crippen LogP) is 3.83. The van der Waals surface area contributed by atoms with Gasteiger partial charge in [0.2, 0.25) is 0 Å². The summed E-state index contributed by atoms with van der Waals surface area (Å²) in [6.45, 7) is 1.23. The van der Waals surface area contributed by atoms with E-state index in [9.17, 15) is 13.9 Å². The highest BCUT2D eigenvalue weighted by molar-refractivity contribution is 6.32. The van der Waals surface area contributed by atoms with Crippen LogP contribution in [0.15, 0.2) is 36.5 Å². The lowest BCUT2D eigenvalue weighted by Gasteiger charge is -2.42. The van der Waals surface area contributed by atoms with Gasteiger partial charge in [-0.2, -0.15) is 0 Å². The molecule has 3 rings (SSSR count). The highest BCUT2D eigenvalue weighted by Crippen LogP contribution is 2.37. The van der Waals surface area contributed by atoms with Crippen LogP contribution in [0.1, 0.15) is 18.4 Å². The molecule has 1 aliphatic heterocycles. The third kappa shape index (κ3) is 3.52. The van der Waals surface area contributed by atoms with Gasteiger partial charge >= 0.3 is 0 Å². The molecule has 1 aliphatic rings. The van der Waals surface area contributed by atoms with Gasteiger partial charge in [0.15, 0.2) is 0 Å². The largest absolute Gasteiger partial charge is 0.396 e. The van der Waals surface area contributed by atoms with Gasteiger partial charge in [-0.1, -0.05) is 17.7 Å². The Morgan fingerprint density at radius 1 is 1.29 bits per heavy atom. The van der Waals surface area contributed by atoms with Crippen LogP contribution in [0.4, 0.5) is 14.6 Å². The maximum Gasteiger partial charge on any atom is 0.147 e. The standard InChI is InChI=1S/C18H19ClF2N2O/c19-15-3-1-7-22-17(15)23-8-2-6-18(11-23,12-24)10-13-4-5-14(20)9-16(13)21/h1,3-5,7,9,24H,2,6,8,10-12H2/t18-/m1/s1. The van der Waals surface area contributed by atoms with Gasteiger partial charge in [-0.05, 0) is 43.0 Å². The monoisotopic (exact) mass is 352 g/mol. The lowest BCUT2D eigenvalue weighted by atomic mass is 9.75. The van der Waals surface area contributed by atoms with E-state index in [1.54, 1.807) is 18.3 Å². The summed E-state index contributed by atoms with van der Waals surface area (Å²) in [6.07, 6.45) is 3.63. The van der Waals surface area contributed by atoms with Crippen LogP contribution in [0.25, 0.3) is 0 Å². The van der Waals surface area contributed by atoms with Crippen LogP contribution in [0, 0.1) is 17.0 Å². The minimum Gasteiger partial charge on any atom is -0.396 e. The van der Waals surface area contributed by atoms with E-state index in [1.165, 1.54) is 12.1 Å². The highest BCUT2D eigenvalue weighted by Gasteiger charge is 2.36. The molecule has 0 amide bonds. The second-order valence-electron chi connectivity index (χ2n) is 6.40. The number of rotatable bonds is 4. The molecule has 2 aromatic rings. The van der Waals surface area contributed by atoms with Gasteiger partial charge in [0.05, 0.1) is 11.6 Å². The van der Waals surface area contributed by atoms with E-state index in [2.05, 4.69) is 4.98 Å². The molecular weight excluding hydrogens is 334 g/mol. The van der Waals surface area contributed by atoms with Crippen molar-refractivity contribution < 1.29 is 13.9 Å². The quantitative estimate of drug-likeness (QED) is 0.908. The number of aliphatic hydroxyl groups excluding tert-OH is 1. The number of hydrogen-bond donors (Lipinski definition) is 1. The number of nitrogens with zero attached hydrogens (tertiary/aromatic N) is 2. The Bertz CT molecular complexity index is 728. The van der Waals surface area contributed by atoms with E-state index in [1.807, 2.05) is 4.90 Å². The first kappa shape index (κ1) is 17.1. The fourth-order valence-corrected chi connectivity index (χ4v) is 3.64. The van der Waals surface area contributed by atoms with Crippen molar-refractivity contribution in [1.82, 2.24) is 4.98 Å². The van der Waals surface area contributed by atoms with Crippen LogP contribution in [0.2, 0.25) is 5.02 Å². The molecule has 1 saturated heterocycles. The summed E-state index contributed by atoms with van der Waals surface area (Å²) in [5, 5.41) is 10.6. The highest BCUT2D eigenvalue weighted by atomic mass is 35.5. The Balaban J connectivity index is 1.85. The zero-order chi connectivity index (χ0) is 17.2. The molecule has 2 heterocycles. The lowest BCUT2D eigenvalue weighted by molar-refractivity contribution is 0.104. The summed E-state index contributed by atoms with van der Waals surface area (Å²) < 4.78 is 27.1. The number of halogens is 3. The minimum atomic E-state index is -0.597. The number of benzene rings is 1. The Labute approximate surface area is 144 Å². The van der Waals surface area contributed by atoms with Crippen LogP contribution in [0.5, 0.6) is 0 Å². The molecule has 0 spiro atoms. The Morgan fingerprint density at radius 3 is 2.83 bits per heavy atom. The maximum atomic E-state index is 14.0. The first-order valence-electron chi connectivity index (χ1n) is 7.93. The van der Waals surface area contributed by atoms with Crippen molar-refractivity contribution in [3.8, 4) is 0 Å². The second kappa shape index (κ2) is 7.03. The van der Waals surface area contributed by atoms with Crippen molar-refractivity contribution >= 4 is 17.4 Å². The third-order valence-corrected chi connectivity index (χ3v) is 4.91. The normalized spacial score (nSPS) is 21.1. The molecule has 128 valence electrons. The number of aliphatic hydroxyl groups is 1. The molecule has 1 fully saturated rings. The molecule has 1 aromatic heterocycles. The smallest absolute Gasteiger partial charge is 0.147 e. The zero-order valence-electron chi connectivity index (χ0n) is 13.2. The molecule has 0 bridgehead atoms. The van der Waals surface area contributed by atoms with Crippen molar-refractivity contribution in [1.29, 1.82) is 0 Å². The fraction of sp³-hybridized carbons (Fsp3) is 0.389. The summed E-state index contributed by atoms with van der Waals surface area (Å²) in [6, 6.07) is 7.13. The summed E-state index contributed by atoms with van der Waals surface area (Å²) in [5.41, 5.74) is -0.0861. The Morgan fingerprint density at radius 2 is 2.12 bits per heavy atom. The van der Waals surface area contributed by atoms with Crippen molar-refractivity contribution in [3.05, 3.63) is 58.7 Å². The summed E-state index contributed by atoms with van der Waals surface area (Å²) >= 11 is 6.23. The zero-order valence-corrected chi connectivity index (χ0v) is 13.9. The molecule has 6 heteroatoms. The summed E-state index contributed by atoms with van der Waals surface area (Å²) in [5.74, 6) is -0.494. The first-order chi connectivity index (χ1) is 11.5. The van der Waals surface area contributed by atoms with Crippen LogP contribution < -0.4 is 4.90 Å². The molecular formula is C18H19ClF2N2O. The molecule has 0 unspecified atom stereocenters. The molecule has 0 radical (unpaired) electrons. The first-order valence-corrected chi connectivity index (χ1v) is 8.31. The summed E-state index contributed by atoms with van der Waals surface area (Å²) in [7, 11) is 0. The maximum absolute atomic E-state index is 14.0. The van der Waals surface area contributed by atoms with E-state index < -0.39 is 17.0 Å². The van der Waals surface area contributed by atoms with E-state index in [0.717, 1.165) is 25.5 Å². The summed E-state index contributed by atoms with van der Waals surface area (Å²) in [4.78, 5) is 6.36. The molecule has 3 nitrogen and oxygen atoms in total. The topological polar surface area (TPSA) is 36.4 Å². The van der Waals surface area contributed by atoms with Crippen molar-refractivity contribution in [2.24, 2.45) is 5.41 Å². The van der Waals surface area contributed by atoms with Gasteiger partial charge in [-0.25, -0.2) is 13.8 Å². The molecule has 1 N–H and O–H groups in total. The third-order valence-electron chi connectivity index (χ3n) is 4.62. The number of aromatic nitrogens is 1. The van der Waals surface area contributed by atoms with Crippen molar-refractivity contribution in [2.45, 2.75) is 19.3 Å². The van der Waals surface area contributed by atoms with Crippen LogP contribution >= 0.6 is 11.6 Å². The average molecular weight is 353 g/mol. The Kier molecular flexibility index (Phi) is 5.01. The van der Waals surface area contributed by atoms with Gasteiger partial charge in [0.1, 0.15) is 17.5 Å². The van der Waals surface area contributed by atoms with Crippen LogP contribution in [-0.2, 0) is 6.42 Å². The van der Waals surface area contributed by atoms with E-state index in [0.29, 0.717) is 29.4 Å². The molecule has 0 aliphatic carbocycles. The van der Waals surface area contributed by atoms with Crippen molar-refractivity contribution in [2.75, 3.05) is 24.6 Å². The van der Waals surface area contributed by atoms with Crippen LogP contribution in [-0.4, -0.2) is 29.8 Å². The number of hydrogen-bond acceptors (Lipinski definition) is 3. The van der Waals surface area contributed by atoms with E-state index >= 15 is 0 Å². The lowest BCUT2D eigenvalue weighted by Crippen LogP contribution is -2.47. The Hall–Kier alpha value is -1.72. The van der Waals surface area contributed by atoms with E-state index in [4.69, 9.17) is 11.6 Å². The van der Waals surface area contributed by atoms with Crippen molar-refractivity contribution in [3.63, 3.8) is 0 Å². The average Bonchev–Trinajstić information content (AvgIpc) is 2.58. The molecule has 1 aromatic carbocycles. The number of anilines is 1. The van der Waals surface area contributed by atoms with Gasteiger partial charge < -0.3 is 10.0 Å². The van der Waals surface area contributed by atoms with Crippen LogP contribution in [0.3, 0.4) is 0 Å². The molecule has 0 saturated carbocycles. The fourth-order valence-electron chi connectivity index (χ4n) is 3.40. The van der Waals surface area contributed by atoms with Gasteiger partial charge in [0, 0.05) is 30.8 Å². The van der Waals surface area contributed by atoms with E-state index in [-0.39, 0.29) is 6.61 Å².